The van der Waals surface area contributed by atoms with E-state index < -0.39 is 49.5 Å². The molecule has 7 nitrogen and oxygen atoms in total. The second-order valence-electron chi connectivity index (χ2n) is 3.66. The Morgan fingerprint density at radius 3 is 2.17 bits per heavy atom. The van der Waals surface area contributed by atoms with Crippen LogP contribution >= 0.6 is 0 Å². The van der Waals surface area contributed by atoms with Gasteiger partial charge in [0, 0.05) is 0 Å². The molecule has 0 aromatic heterocycles. The van der Waals surface area contributed by atoms with E-state index in [1.807, 2.05) is 0 Å². The molecule has 0 unspecified atom stereocenters. The molecule has 10 heteroatoms. The molecule has 1 heterocycles. The minimum atomic E-state index is -4.71. The second kappa shape index (κ2) is 5.36. The summed E-state index contributed by atoms with van der Waals surface area (Å²) in [5, 5.41) is 36.4. The lowest BCUT2D eigenvalue weighted by molar-refractivity contribution is -0.313. The quantitative estimate of drug-likeness (QED) is 0.493. The number of aliphatic hydroxyl groups is 3. The van der Waals surface area contributed by atoms with E-state index in [4.69, 9.17) is 5.11 Å². The van der Waals surface area contributed by atoms with E-state index in [1.54, 1.807) is 0 Å². The first-order valence-corrected chi connectivity index (χ1v) is 4.74. The predicted octanol–water partition coefficient (Wildman–Crippen LogP) is -1.54. The zero-order valence-corrected chi connectivity index (χ0v) is 8.74. The summed E-state index contributed by atoms with van der Waals surface area (Å²) in [5.74, 6) is -1.70. The van der Waals surface area contributed by atoms with Gasteiger partial charge in [-0.25, -0.2) is 4.79 Å². The third kappa shape index (κ3) is 3.53. The Bertz CT molecular complexity index is 308. The molecule has 0 spiro atoms. The molecule has 1 aliphatic heterocycles. The van der Waals surface area contributed by atoms with E-state index in [-0.39, 0.29) is 0 Å². The van der Waals surface area contributed by atoms with Crippen LogP contribution in [0.3, 0.4) is 0 Å². The Kier molecular flexibility index (Phi) is 4.50. The molecule has 0 aromatic rings. The SMILES string of the molecule is O=C(O)[C@H]1O[C@@H](OCC(F)(F)F)[C@H](O)[C@@H](O)[C@@H]1O. The van der Waals surface area contributed by atoms with Crippen molar-refractivity contribution in [1.29, 1.82) is 0 Å². The lowest BCUT2D eigenvalue weighted by Crippen LogP contribution is -2.60. The van der Waals surface area contributed by atoms with Gasteiger partial charge in [-0.05, 0) is 0 Å². The van der Waals surface area contributed by atoms with E-state index in [0.29, 0.717) is 0 Å². The number of alkyl halides is 3. The van der Waals surface area contributed by atoms with Crippen LogP contribution in [-0.2, 0) is 14.3 Å². The summed E-state index contributed by atoms with van der Waals surface area (Å²) in [7, 11) is 0. The standard InChI is InChI=1S/C8H11F3O7/c9-8(10,11)1-17-7-4(14)2(12)3(13)5(18-7)6(15)16/h2-5,7,12-14H,1H2,(H,15,16)/t2-,3-,4+,5-,7+/m0/s1. The largest absolute Gasteiger partial charge is 0.479 e. The molecule has 0 bridgehead atoms. The van der Waals surface area contributed by atoms with Crippen molar-refractivity contribution < 1.29 is 47.9 Å². The smallest absolute Gasteiger partial charge is 0.411 e. The molecule has 0 saturated carbocycles. The molecular weight excluding hydrogens is 265 g/mol. The molecule has 0 radical (unpaired) electrons. The van der Waals surface area contributed by atoms with E-state index in [0.717, 1.165) is 0 Å². The fourth-order valence-electron chi connectivity index (χ4n) is 1.37. The van der Waals surface area contributed by atoms with Crippen molar-refractivity contribution in [3.05, 3.63) is 0 Å². The van der Waals surface area contributed by atoms with Gasteiger partial charge in [0.2, 0.25) is 0 Å². The molecule has 0 aromatic carbocycles. The number of hydrogen-bond donors (Lipinski definition) is 4. The first-order valence-electron chi connectivity index (χ1n) is 4.74. The van der Waals surface area contributed by atoms with Gasteiger partial charge in [-0.3, -0.25) is 0 Å². The van der Waals surface area contributed by atoms with Crippen LogP contribution in [-0.4, -0.2) is 69.9 Å². The zero-order valence-electron chi connectivity index (χ0n) is 8.74. The molecule has 5 atom stereocenters. The summed E-state index contributed by atoms with van der Waals surface area (Å²) in [5.41, 5.74) is 0. The number of ether oxygens (including phenoxy) is 2. The van der Waals surface area contributed by atoms with Crippen molar-refractivity contribution in [2.75, 3.05) is 6.61 Å². The summed E-state index contributed by atoms with van der Waals surface area (Å²) in [4.78, 5) is 10.6. The van der Waals surface area contributed by atoms with Crippen LogP contribution in [0.4, 0.5) is 13.2 Å². The number of hydrogen-bond acceptors (Lipinski definition) is 6. The fraction of sp³-hybridized carbons (Fsp3) is 0.875. The summed E-state index contributed by atoms with van der Waals surface area (Å²) < 4.78 is 44.2. The highest BCUT2D eigenvalue weighted by Crippen LogP contribution is 2.24. The van der Waals surface area contributed by atoms with E-state index in [9.17, 15) is 33.3 Å². The molecule has 1 rings (SSSR count). The molecule has 1 aliphatic rings. The van der Waals surface area contributed by atoms with Crippen LogP contribution in [0.1, 0.15) is 0 Å². The van der Waals surface area contributed by atoms with Gasteiger partial charge in [-0.15, -0.1) is 0 Å². The Morgan fingerprint density at radius 1 is 1.17 bits per heavy atom. The molecular formula is C8H11F3O7. The van der Waals surface area contributed by atoms with Gasteiger partial charge in [0.15, 0.2) is 12.4 Å². The maximum atomic E-state index is 11.9. The van der Waals surface area contributed by atoms with Crippen molar-refractivity contribution in [3.63, 3.8) is 0 Å². The van der Waals surface area contributed by atoms with E-state index >= 15 is 0 Å². The minimum absolute atomic E-state index is 1.70. The molecule has 4 N–H and O–H groups in total. The molecule has 1 fully saturated rings. The van der Waals surface area contributed by atoms with Crippen LogP contribution in [0, 0.1) is 0 Å². The van der Waals surface area contributed by atoms with Gasteiger partial charge < -0.3 is 29.9 Å². The lowest BCUT2D eigenvalue weighted by Gasteiger charge is -2.38. The van der Waals surface area contributed by atoms with Crippen molar-refractivity contribution in [2.45, 2.75) is 36.9 Å². The van der Waals surface area contributed by atoms with Gasteiger partial charge in [-0.2, -0.15) is 13.2 Å². The lowest BCUT2D eigenvalue weighted by atomic mass is 9.99. The number of carboxylic acids is 1. The number of rotatable bonds is 3. The third-order valence-corrected chi connectivity index (χ3v) is 2.22. The van der Waals surface area contributed by atoms with Crippen LogP contribution in [0.15, 0.2) is 0 Å². The highest BCUT2D eigenvalue weighted by molar-refractivity contribution is 5.73. The Hall–Kier alpha value is -0.940. The van der Waals surface area contributed by atoms with E-state index in [1.165, 1.54) is 0 Å². The number of halogens is 3. The van der Waals surface area contributed by atoms with Crippen LogP contribution in [0.5, 0.6) is 0 Å². The summed E-state index contributed by atoms with van der Waals surface area (Å²) >= 11 is 0. The molecule has 106 valence electrons. The normalized spacial score (nSPS) is 37.6. The second-order valence-corrected chi connectivity index (χ2v) is 3.66. The van der Waals surface area contributed by atoms with Crippen molar-refractivity contribution in [2.24, 2.45) is 0 Å². The summed E-state index contributed by atoms with van der Waals surface area (Å²) in [6.45, 7) is -1.79. The first kappa shape index (κ1) is 15.1. The third-order valence-electron chi connectivity index (χ3n) is 2.22. The van der Waals surface area contributed by atoms with E-state index in [2.05, 4.69) is 9.47 Å². The van der Waals surface area contributed by atoms with Crippen molar-refractivity contribution in [3.8, 4) is 0 Å². The van der Waals surface area contributed by atoms with Gasteiger partial charge >= 0.3 is 12.1 Å². The number of carboxylic acid groups (broad SMARTS) is 1. The first-order chi connectivity index (χ1) is 8.13. The maximum Gasteiger partial charge on any atom is 0.411 e. The van der Waals surface area contributed by atoms with Crippen molar-refractivity contribution >= 4 is 5.97 Å². The highest BCUT2D eigenvalue weighted by atomic mass is 19.4. The van der Waals surface area contributed by atoms with Crippen LogP contribution < -0.4 is 0 Å². The number of aliphatic carboxylic acids is 1. The fourth-order valence-corrected chi connectivity index (χ4v) is 1.37. The molecule has 0 amide bonds. The van der Waals surface area contributed by atoms with Crippen LogP contribution in [0.2, 0.25) is 0 Å². The van der Waals surface area contributed by atoms with Gasteiger partial charge in [0.1, 0.15) is 24.9 Å². The number of carbonyl (C=O) groups is 1. The highest BCUT2D eigenvalue weighted by Gasteiger charge is 2.48. The van der Waals surface area contributed by atoms with Crippen LogP contribution in [0.25, 0.3) is 0 Å². The molecule has 1 saturated heterocycles. The molecule has 18 heavy (non-hydrogen) atoms. The van der Waals surface area contributed by atoms with Gasteiger partial charge in [-0.1, -0.05) is 0 Å². The maximum absolute atomic E-state index is 11.9. The molecule has 0 aliphatic carbocycles. The number of aliphatic hydroxyl groups excluding tert-OH is 3. The Labute approximate surface area is 98.4 Å². The minimum Gasteiger partial charge on any atom is -0.479 e. The zero-order chi connectivity index (χ0) is 14.1. The predicted molar refractivity (Wildman–Crippen MR) is 46.3 cm³/mol. The summed E-state index contributed by atoms with van der Waals surface area (Å²) in [6, 6.07) is 0. The monoisotopic (exact) mass is 276 g/mol. The Morgan fingerprint density at radius 2 is 1.72 bits per heavy atom. The summed E-state index contributed by atoms with van der Waals surface area (Å²) in [6.07, 6.45) is -14.6. The van der Waals surface area contributed by atoms with Crippen molar-refractivity contribution in [1.82, 2.24) is 0 Å². The van der Waals surface area contributed by atoms with Gasteiger partial charge in [0.05, 0.1) is 0 Å². The average Bonchev–Trinajstić information content (AvgIpc) is 2.23. The average molecular weight is 276 g/mol. The van der Waals surface area contributed by atoms with Gasteiger partial charge in [0.25, 0.3) is 0 Å². The Balaban J connectivity index is 2.70. The topological polar surface area (TPSA) is 116 Å².